The summed E-state index contributed by atoms with van der Waals surface area (Å²) in [6, 6.07) is 24.2. The smallest absolute Gasteiger partial charge is 0.293 e. The van der Waals surface area contributed by atoms with Crippen LogP contribution in [-0.2, 0) is 0 Å². The SMILES string of the molecule is CN(C(=O)c1ccco1)c1ccccc1C(=O)Nc1ccc(Oc2ccccc2Cl)cc1. The molecule has 1 N–H and O–H groups in total. The van der Waals surface area contributed by atoms with Crippen LogP contribution in [0.3, 0.4) is 0 Å². The molecule has 0 saturated heterocycles. The molecule has 0 aliphatic carbocycles. The molecule has 0 fully saturated rings. The predicted molar refractivity (Wildman–Crippen MR) is 124 cm³/mol. The molecule has 0 aliphatic rings. The van der Waals surface area contributed by atoms with E-state index in [-0.39, 0.29) is 17.6 Å². The third kappa shape index (κ3) is 4.66. The largest absolute Gasteiger partial charge is 0.459 e. The molecule has 2 amide bonds. The number of nitrogens with one attached hydrogen (secondary N) is 1. The summed E-state index contributed by atoms with van der Waals surface area (Å²) in [5.41, 5.74) is 1.40. The van der Waals surface area contributed by atoms with Gasteiger partial charge in [-0.2, -0.15) is 0 Å². The van der Waals surface area contributed by atoms with Crippen LogP contribution in [0, 0.1) is 0 Å². The van der Waals surface area contributed by atoms with Gasteiger partial charge in [0.2, 0.25) is 0 Å². The second-order valence-electron chi connectivity index (χ2n) is 6.87. The number of benzene rings is 3. The number of ether oxygens (including phenoxy) is 1. The monoisotopic (exact) mass is 446 g/mol. The summed E-state index contributed by atoms with van der Waals surface area (Å²) >= 11 is 6.12. The Morgan fingerprint density at radius 1 is 0.906 bits per heavy atom. The summed E-state index contributed by atoms with van der Waals surface area (Å²) in [7, 11) is 1.60. The van der Waals surface area contributed by atoms with E-state index in [1.807, 2.05) is 12.1 Å². The third-order valence-corrected chi connectivity index (χ3v) is 5.04. The summed E-state index contributed by atoms with van der Waals surface area (Å²) < 4.78 is 11.0. The number of rotatable bonds is 6. The highest BCUT2D eigenvalue weighted by Crippen LogP contribution is 2.29. The lowest BCUT2D eigenvalue weighted by Crippen LogP contribution is -2.28. The molecule has 0 saturated carbocycles. The number of nitrogens with zero attached hydrogens (tertiary/aromatic N) is 1. The molecule has 0 spiro atoms. The summed E-state index contributed by atoms with van der Waals surface area (Å²) in [5.74, 6) is 0.622. The molecular formula is C25H19ClN2O4. The molecule has 6 nitrogen and oxygen atoms in total. The minimum atomic E-state index is -0.351. The van der Waals surface area contributed by atoms with Gasteiger partial charge in [0.05, 0.1) is 22.5 Å². The Kier molecular flexibility index (Phi) is 6.24. The van der Waals surface area contributed by atoms with Crippen LogP contribution >= 0.6 is 11.6 Å². The van der Waals surface area contributed by atoms with Crippen molar-refractivity contribution in [3.63, 3.8) is 0 Å². The molecule has 0 atom stereocenters. The Bertz CT molecular complexity index is 1240. The lowest BCUT2D eigenvalue weighted by molar-refractivity contribution is 0.0966. The minimum Gasteiger partial charge on any atom is -0.459 e. The van der Waals surface area contributed by atoms with E-state index >= 15 is 0 Å². The zero-order valence-electron chi connectivity index (χ0n) is 17.1. The Labute approximate surface area is 190 Å². The van der Waals surface area contributed by atoms with Crippen molar-refractivity contribution in [2.75, 3.05) is 17.3 Å². The lowest BCUT2D eigenvalue weighted by atomic mass is 10.1. The number of hydrogen-bond donors (Lipinski definition) is 1. The van der Waals surface area contributed by atoms with Crippen molar-refractivity contribution in [2.24, 2.45) is 0 Å². The summed E-state index contributed by atoms with van der Waals surface area (Å²) in [4.78, 5) is 27.0. The highest BCUT2D eigenvalue weighted by atomic mass is 35.5. The molecule has 32 heavy (non-hydrogen) atoms. The van der Waals surface area contributed by atoms with Gasteiger partial charge >= 0.3 is 0 Å². The first-order valence-corrected chi connectivity index (χ1v) is 10.1. The van der Waals surface area contributed by atoms with Gasteiger partial charge in [-0.05, 0) is 60.7 Å². The fraction of sp³-hybridized carbons (Fsp3) is 0.0400. The summed E-state index contributed by atoms with van der Waals surface area (Å²) in [6.07, 6.45) is 1.43. The van der Waals surface area contributed by atoms with Crippen molar-refractivity contribution in [3.05, 3.63) is 108 Å². The number of anilines is 2. The molecule has 1 aromatic heterocycles. The van der Waals surface area contributed by atoms with E-state index in [9.17, 15) is 9.59 Å². The Hall–Kier alpha value is -4.03. The third-order valence-electron chi connectivity index (χ3n) is 4.72. The van der Waals surface area contributed by atoms with Gasteiger partial charge < -0.3 is 19.4 Å². The van der Waals surface area contributed by atoms with Gasteiger partial charge in [0.1, 0.15) is 11.5 Å². The number of hydrogen-bond acceptors (Lipinski definition) is 4. The quantitative estimate of drug-likeness (QED) is 0.379. The van der Waals surface area contributed by atoms with Crippen molar-refractivity contribution in [1.82, 2.24) is 0 Å². The van der Waals surface area contributed by atoms with E-state index in [1.54, 1.807) is 79.8 Å². The Morgan fingerprint density at radius 3 is 2.34 bits per heavy atom. The molecule has 0 unspecified atom stereocenters. The molecule has 0 aliphatic heterocycles. The van der Waals surface area contributed by atoms with Crippen LogP contribution in [0.5, 0.6) is 11.5 Å². The van der Waals surface area contributed by atoms with Gasteiger partial charge in [-0.1, -0.05) is 35.9 Å². The average molecular weight is 447 g/mol. The molecule has 1 heterocycles. The average Bonchev–Trinajstić information content (AvgIpc) is 3.36. The molecule has 0 bridgehead atoms. The molecule has 3 aromatic carbocycles. The lowest BCUT2D eigenvalue weighted by Gasteiger charge is -2.19. The van der Waals surface area contributed by atoms with Gasteiger partial charge in [-0.15, -0.1) is 0 Å². The maximum Gasteiger partial charge on any atom is 0.293 e. The first kappa shape index (κ1) is 21.2. The van der Waals surface area contributed by atoms with Crippen molar-refractivity contribution in [2.45, 2.75) is 0 Å². The Balaban J connectivity index is 1.49. The molecule has 0 radical (unpaired) electrons. The van der Waals surface area contributed by atoms with Gasteiger partial charge in [-0.25, -0.2) is 0 Å². The van der Waals surface area contributed by atoms with Crippen molar-refractivity contribution < 1.29 is 18.7 Å². The fourth-order valence-corrected chi connectivity index (χ4v) is 3.27. The van der Waals surface area contributed by atoms with Crippen LogP contribution in [0.25, 0.3) is 0 Å². The molecular weight excluding hydrogens is 428 g/mol. The zero-order chi connectivity index (χ0) is 22.5. The van der Waals surface area contributed by atoms with Crippen molar-refractivity contribution in [1.29, 1.82) is 0 Å². The van der Waals surface area contributed by atoms with Crippen molar-refractivity contribution >= 4 is 34.8 Å². The van der Waals surface area contributed by atoms with Crippen LogP contribution in [0.2, 0.25) is 5.02 Å². The van der Waals surface area contributed by atoms with E-state index < -0.39 is 0 Å². The normalized spacial score (nSPS) is 10.4. The van der Waals surface area contributed by atoms with Crippen LogP contribution in [-0.4, -0.2) is 18.9 Å². The van der Waals surface area contributed by atoms with Crippen LogP contribution < -0.4 is 15.0 Å². The number of amides is 2. The zero-order valence-corrected chi connectivity index (χ0v) is 17.9. The summed E-state index contributed by atoms with van der Waals surface area (Å²) in [5, 5.41) is 3.36. The van der Waals surface area contributed by atoms with Gasteiger partial charge in [0, 0.05) is 12.7 Å². The van der Waals surface area contributed by atoms with E-state index in [0.717, 1.165) is 0 Å². The fourth-order valence-electron chi connectivity index (χ4n) is 3.09. The molecule has 4 rings (SSSR count). The van der Waals surface area contributed by atoms with Crippen LogP contribution in [0.15, 0.2) is 95.6 Å². The first-order chi connectivity index (χ1) is 15.5. The van der Waals surface area contributed by atoms with E-state index in [1.165, 1.54) is 11.2 Å². The molecule has 4 aromatic rings. The molecule has 7 heteroatoms. The highest BCUT2D eigenvalue weighted by Gasteiger charge is 2.21. The molecule has 160 valence electrons. The number of furan rings is 1. The first-order valence-electron chi connectivity index (χ1n) is 9.77. The Morgan fingerprint density at radius 2 is 1.62 bits per heavy atom. The standard InChI is InChI=1S/C25H19ClN2O4/c1-28(25(30)23-11-6-16-31-23)21-9-4-2-7-19(21)24(29)27-17-12-14-18(15-13-17)32-22-10-5-3-8-20(22)26/h2-16H,1H3,(H,27,29). The van der Waals surface area contributed by atoms with Gasteiger partial charge in [0.25, 0.3) is 11.8 Å². The van der Waals surface area contributed by atoms with E-state index in [0.29, 0.717) is 33.5 Å². The van der Waals surface area contributed by atoms with Crippen LogP contribution in [0.1, 0.15) is 20.9 Å². The van der Waals surface area contributed by atoms with Gasteiger partial charge in [0.15, 0.2) is 5.76 Å². The topological polar surface area (TPSA) is 71.8 Å². The maximum atomic E-state index is 12.9. The second-order valence-corrected chi connectivity index (χ2v) is 7.28. The minimum absolute atomic E-state index is 0.191. The second kappa shape index (κ2) is 9.41. The van der Waals surface area contributed by atoms with Crippen molar-refractivity contribution in [3.8, 4) is 11.5 Å². The number of carbonyl (C=O) groups is 2. The number of para-hydroxylation sites is 2. The van der Waals surface area contributed by atoms with E-state index in [2.05, 4.69) is 5.32 Å². The number of carbonyl (C=O) groups excluding carboxylic acids is 2. The van der Waals surface area contributed by atoms with E-state index in [4.69, 9.17) is 20.8 Å². The number of halogens is 1. The maximum absolute atomic E-state index is 12.9. The summed E-state index contributed by atoms with van der Waals surface area (Å²) in [6.45, 7) is 0. The van der Waals surface area contributed by atoms with Gasteiger partial charge in [-0.3, -0.25) is 9.59 Å². The predicted octanol–water partition coefficient (Wildman–Crippen LogP) is 6.25. The highest BCUT2D eigenvalue weighted by molar-refractivity contribution is 6.32. The van der Waals surface area contributed by atoms with Crippen LogP contribution in [0.4, 0.5) is 11.4 Å².